The average molecular weight is 483 g/mol. The van der Waals surface area contributed by atoms with Gasteiger partial charge in [0.2, 0.25) is 5.78 Å². The van der Waals surface area contributed by atoms with Crippen LogP contribution in [0, 0.1) is 34.5 Å². The first-order chi connectivity index (χ1) is 15.4. The van der Waals surface area contributed by atoms with Gasteiger partial charge in [0, 0.05) is 17.8 Å². The molecule has 0 aromatic heterocycles. The van der Waals surface area contributed by atoms with Crippen LogP contribution in [-0.4, -0.2) is 40.8 Å². The molecule has 0 aromatic carbocycles. The Morgan fingerprint density at radius 3 is 2.50 bits per heavy atom. The Kier molecular flexibility index (Phi) is 7.94. The van der Waals surface area contributed by atoms with Crippen molar-refractivity contribution in [3.63, 3.8) is 0 Å². The summed E-state index contributed by atoms with van der Waals surface area (Å²) in [7, 11) is 0. The normalized spacial score (nSPS) is 40.7. The second-order valence-corrected chi connectivity index (χ2v) is 11.3. The number of rotatable bonds is 6. The average Bonchev–Trinajstić information content (AvgIpc) is 2.98. The van der Waals surface area contributed by atoms with Gasteiger partial charge in [-0.05, 0) is 80.1 Å². The molecule has 8 heteroatoms. The van der Waals surface area contributed by atoms with Crippen molar-refractivity contribution >= 4 is 23.5 Å². The van der Waals surface area contributed by atoms with Gasteiger partial charge in [0.15, 0.2) is 12.4 Å². The summed E-state index contributed by atoms with van der Waals surface area (Å²) in [6, 6.07) is 0. The molecule has 1 N–H and O–H groups in total. The second-order valence-electron chi connectivity index (χ2n) is 11.3. The van der Waals surface area contributed by atoms with E-state index in [4.69, 9.17) is 4.74 Å². The number of Topliss-reactive ketones (excluding diaryl/α,β-unsaturated/α-hetero) is 1. The van der Waals surface area contributed by atoms with Gasteiger partial charge in [-0.2, -0.15) is 0 Å². The van der Waals surface area contributed by atoms with Crippen LogP contribution in [0.2, 0.25) is 0 Å². The van der Waals surface area contributed by atoms with Crippen molar-refractivity contribution in [2.24, 2.45) is 34.5 Å². The number of hydrogen-bond donors (Lipinski definition) is 1. The van der Waals surface area contributed by atoms with E-state index in [9.17, 15) is 29.4 Å². The third-order valence-corrected chi connectivity index (χ3v) is 9.87. The molecule has 3 fully saturated rings. The predicted octanol–water partition coefficient (Wildman–Crippen LogP) is -0.858. The van der Waals surface area contributed by atoms with E-state index in [0.29, 0.717) is 24.7 Å². The van der Waals surface area contributed by atoms with Crippen LogP contribution in [0.15, 0.2) is 11.6 Å². The summed E-state index contributed by atoms with van der Waals surface area (Å²) in [6.45, 7) is 5.68. The molecule has 0 spiro atoms. The zero-order valence-corrected chi connectivity index (χ0v) is 22.9. The Bertz CT molecular complexity index is 913. The summed E-state index contributed by atoms with van der Waals surface area (Å²) in [5.74, 6) is -1.65. The minimum absolute atomic E-state index is 0. The summed E-state index contributed by atoms with van der Waals surface area (Å²) < 4.78 is 5.03. The number of carbonyl (C=O) groups excluding carboxylic acids is 4. The van der Waals surface area contributed by atoms with Crippen molar-refractivity contribution in [2.75, 3.05) is 6.61 Å². The van der Waals surface area contributed by atoms with Gasteiger partial charge in [0.1, 0.15) is 5.60 Å². The van der Waals surface area contributed by atoms with Crippen LogP contribution in [0.25, 0.3) is 0 Å². The number of aliphatic carboxylic acids is 1. The molecule has 0 amide bonds. The van der Waals surface area contributed by atoms with E-state index in [0.717, 1.165) is 32.1 Å². The quantitative estimate of drug-likeness (QED) is 0.386. The largest absolute Gasteiger partial charge is 1.00 e. The van der Waals surface area contributed by atoms with E-state index >= 15 is 0 Å². The molecule has 0 saturated heterocycles. The zero-order chi connectivity index (χ0) is 24.2. The number of carboxylic acid groups (broad SMARTS) is 1. The van der Waals surface area contributed by atoms with Gasteiger partial charge in [0.25, 0.3) is 0 Å². The first-order valence-corrected chi connectivity index (χ1v) is 12.3. The molecule has 0 aromatic rings. The Hall–Kier alpha value is -1.02. The standard InChI is InChI=1S/C26H36O7.Na/c1-15-12-20-18-5-4-16-13-17(27)8-10-24(16,2)19(18)9-11-25(20,3)26(15,32)21(28)14-33-23(31)7-6-22(29)30;/h13,15,18-20,32H,4-12,14H2,1-3H3,(H,29,30);/q;+1/p-1/t15-,18-,19+,20+,24+,25+,26+;/m1./s1. The molecule has 7 nitrogen and oxygen atoms in total. The van der Waals surface area contributed by atoms with Crippen LogP contribution in [0.5, 0.6) is 0 Å². The number of esters is 1. The molecular weight excluding hydrogens is 447 g/mol. The van der Waals surface area contributed by atoms with Crippen LogP contribution >= 0.6 is 0 Å². The number of ketones is 2. The molecule has 182 valence electrons. The molecular formula is C26H35NaO7. The fraction of sp³-hybridized carbons (Fsp3) is 0.769. The van der Waals surface area contributed by atoms with E-state index in [1.807, 2.05) is 19.9 Å². The first kappa shape index (κ1) is 27.6. The number of hydrogen-bond acceptors (Lipinski definition) is 7. The van der Waals surface area contributed by atoms with Crippen LogP contribution in [-0.2, 0) is 23.9 Å². The van der Waals surface area contributed by atoms with Gasteiger partial charge in [0.05, 0.1) is 6.42 Å². The maximum Gasteiger partial charge on any atom is 1.00 e. The fourth-order valence-electron chi connectivity index (χ4n) is 8.03. The Morgan fingerprint density at radius 1 is 1.12 bits per heavy atom. The monoisotopic (exact) mass is 482 g/mol. The van der Waals surface area contributed by atoms with Crippen LogP contribution in [0.3, 0.4) is 0 Å². The summed E-state index contributed by atoms with van der Waals surface area (Å²) in [6.07, 6.45) is 6.74. The molecule has 0 aliphatic heterocycles. The maximum atomic E-state index is 13.3. The minimum atomic E-state index is -1.59. The predicted molar refractivity (Wildman–Crippen MR) is 116 cm³/mol. The van der Waals surface area contributed by atoms with Gasteiger partial charge < -0.3 is 19.7 Å². The van der Waals surface area contributed by atoms with E-state index in [-0.39, 0.29) is 59.0 Å². The molecule has 0 unspecified atom stereocenters. The summed E-state index contributed by atoms with van der Waals surface area (Å²) >= 11 is 0. The molecule has 0 bridgehead atoms. The SMILES string of the molecule is C[C@@H]1C[C@H]2[C@@H]3CCC4=CC(=O)CC[C@]4(C)[C@H]3CC[C@]2(C)[C@@]1(O)C(=O)COC(=O)CCC(=O)[O-].[Na+]. The zero-order valence-electron chi connectivity index (χ0n) is 20.9. The fourth-order valence-corrected chi connectivity index (χ4v) is 8.03. The molecule has 3 saturated carbocycles. The van der Waals surface area contributed by atoms with Crippen molar-refractivity contribution in [3.05, 3.63) is 11.6 Å². The van der Waals surface area contributed by atoms with Crippen LogP contribution in [0.1, 0.15) is 78.6 Å². The topological polar surface area (TPSA) is 121 Å². The smallest absolute Gasteiger partial charge is 0.550 e. The molecule has 4 aliphatic carbocycles. The summed E-state index contributed by atoms with van der Waals surface area (Å²) in [4.78, 5) is 47.7. The number of aliphatic hydroxyl groups is 1. The Balaban J connectivity index is 0.00000324. The summed E-state index contributed by atoms with van der Waals surface area (Å²) in [5.41, 5.74) is -0.897. The molecule has 0 heterocycles. The number of ether oxygens (including phenoxy) is 1. The minimum Gasteiger partial charge on any atom is -0.550 e. The third-order valence-electron chi connectivity index (χ3n) is 9.87. The van der Waals surface area contributed by atoms with Gasteiger partial charge in [-0.25, -0.2) is 0 Å². The first-order valence-electron chi connectivity index (χ1n) is 12.3. The Morgan fingerprint density at radius 2 is 1.82 bits per heavy atom. The van der Waals surface area contributed by atoms with Crippen molar-refractivity contribution in [1.29, 1.82) is 0 Å². The molecule has 0 radical (unpaired) electrons. The van der Waals surface area contributed by atoms with E-state index in [1.165, 1.54) is 5.57 Å². The van der Waals surface area contributed by atoms with Crippen molar-refractivity contribution < 1.29 is 63.7 Å². The molecule has 4 rings (SSSR count). The van der Waals surface area contributed by atoms with E-state index < -0.39 is 41.8 Å². The second kappa shape index (κ2) is 9.79. The molecule has 7 atom stereocenters. The third kappa shape index (κ3) is 4.25. The number of fused-ring (bicyclic) bond motifs is 5. The van der Waals surface area contributed by atoms with Crippen molar-refractivity contribution in [1.82, 2.24) is 0 Å². The maximum absolute atomic E-state index is 13.3. The van der Waals surface area contributed by atoms with Gasteiger partial charge in [-0.15, -0.1) is 0 Å². The van der Waals surface area contributed by atoms with Crippen LogP contribution in [0.4, 0.5) is 0 Å². The van der Waals surface area contributed by atoms with Gasteiger partial charge >= 0.3 is 35.5 Å². The van der Waals surface area contributed by atoms with Gasteiger partial charge in [-0.3, -0.25) is 14.4 Å². The summed E-state index contributed by atoms with van der Waals surface area (Å²) in [5, 5.41) is 22.4. The van der Waals surface area contributed by atoms with Gasteiger partial charge in [-0.1, -0.05) is 26.3 Å². The van der Waals surface area contributed by atoms with Crippen molar-refractivity contribution in [3.8, 4) is 0 Å². The van der Waals surface area contributed by atoms with Crippen LogP contribution < -0.4 is 34.7 Å². The number of carbonyl (C=O) groups is 4. The number of allylic oxidation sites excluding steroid dienone is 1. The number of carboxylic acids is 1. The van der Waals surface area contributed by atoms with Crippen molar-refractivity contribution in [2.45, 2.75) is 84.2 Å². The molecule has 34 heavy (non-hydrogen) atoms. The van der Waals surface area contributed by atoms with E-state index in [2.05, 4.69) is 6.92 Å². The molecule has 4 aliphatic rings. The Labute approximate surface area is 223 Å². The van der Waals surface area contributed by atoms with E-state index in [1.54, 1.807) is 0 Å².